The topological polar surface area (TPSA) is 89.1 Å². The van der Waals surface area contributed by atoms with Crippen molar-refractivity contribution in [2.24, 2.45) is 0 Å². The lowest BCUT2D eigenvalue weighted by molar-refractivity contribution is 0.630. The van der Waals surface area contributed by atoms with Crippen molar-refractivity contribution in [1.29, 1.82) is 0 Å². The zero-order valence-corrected chi connectivity index (χ0v) is 10.0. The number of H-pyrrole nitrogens is 1. The minimum Gasteiger partial charge on any atom is -0.399 e. The van der Waals surface area contributed by atoms with Crippen LogP contribution in [-0.2, 0) is 0 Å². The molecule has 2 aromatic heterocycles. The maximum Gasteiger partial charge on any atom is 0.274 e. The zero-order valence-electron chi connectivity index (χ0n) is 10.0. The number of anilines is 1. The summed E-state index contributed by atoms with van der Waals surface area (Å²) in [6.45, 7) is 1.69. The highest BCUT2D eigenvalue weighted by molar-refractivity contribution is 5.63. The third-order valence-electron chi connectivity index (χ3n) is 2.70. The molecular formula is C12H10FN5O. The number of fused-ring (bicyclic) bond motifs is 1. The van der Waals surface area contributed by atoms with Crippen LogP contribution in [0.4, 0.5) is 10.1 Å². The molecule has 6 nitrogen and oxygen atoms in total. The first kappa shape index (κ1) is 11.4. The summed E-state index contributed by atoms with van der Waals surface area (Å²) in [6, 6.07) is 5.52. The summed E-state index contributed by atoms with van der Waals surface area (Å²) in [4.78, 5) is 19.9. The first-order chi connectivity index (χ1) is 9.04. The molecule has 0 saturated carbocycles. The fourth-order valence-electron chi connectivity index (χ4n) is 1.84. The maximum atomic E-state index is 13.7. The summed E-state index contributed by atoms with van der Waals surface area (Å²) in [7, 11) is 0. The van der Waals surface area contributed by atoms with Crippen LogP contribution in [0.25, 0.3) is 17.2 Å². The van der Waals surface area contributed by atoms with E-state index in [2.05, 4.69) is 15.1 Å². The molecular weight excluding hydrogens is 249 g/mol. The van der Waals surface area contributed by atoms with Gasteiger partial charge in [-0.15, -0.1) is 0 Å². The number of nitrogens with zero attached hydrogens (tertiary/aromatic N) is 3. The number of nitrogens with two attached hydrogens (primary N) is 1. The van der Waals surface area contributed by atoms with E-state index >= 15 is 0 Å². The van der Waals surface area contributed by atoms with Gasteiger partial charge in [-0.3, -0.25) is 9.89 Å². The van der Waals surface area contributed by atoms with Crippen LogP contribution in [0.1, 0.15) is 5.69 Å². The lowest BCUT2D eigenvalue weighted by atomic mass is 10.2. The van der Waals surface area contributed by atoms with E-state index in [1.807, 2.05) is 0 Å². The van der Waals surface area contributed by atoms with Gasteiger partial charge < -0.3 is 5.73 Å². The van der Waals surface area contributed by atoms with Crippen LogP contribution in [-0.4, -0.2) is 19.6 Å². The average Bonchev–Trinajstić information content (AvgIpc) is 2.76. The molecule has 0 amide bonds. The highest BCUT2D eigenvalue weighted by Crippen LogP contribution is 2.21. The summed E-state index contributed by atoms with van der Waals surface area (Å²) in [5.74, 6) is -0.0696. The van der Waals surface area contributed by atoms with E-state index in [-0.39, 0.29) is 22.7 Å². The monoisotopic (exact) mass is 259 g/mol. The number of nitrogen functional groups attached to an aromatic ring is 1. The first-order valence-electron chi connectivity index (χ1n) is 5.56. The Morgan fingerprint density at radius 3 is 2.89 bits per heavy atom. The quantitative estimate of drug-likeness (QED) is 0.641. The Balaban J connectivity index is 2.29. The van der Waals surface area contributed by atoms with Gasteiger partial charge in [0.2, 0.25) is 0 Å². The van der Waals surface area contributed by atoms with E-state index in [1.54, 1.807) is 6.92 Å². The van der Waals surface area contributed by atoms with Crippen LogP contribution >= 0.6 is 0 Å². The number of benzene rings is 1. The summed E-state index contributed by atoms with van der Waals surface area (Å²) in [5, 5.41) is 2.71. The third-order valence-corrected chi connectivity index (χ3v) is 2.70. The summed E-state index contributed by atoms with van der Waals surface area (Å²) < 4.78 is 14.9. The molecule has 1 aromatic carbocycles. The molecule has 3 rings (SSSR count). The van der Waals surface area contributed by atoms with E-state index in [0.29, 0.717) is 11.4 Å². The van der Waals surface area contributed by atoms with E-state index in [1.165, 1.54) is 24.3 Å². The van der Waals surface area contributed by atoms with E-state index in [0.717, 1.165) is 4.52 Å². The summed E-state index contributed by atoms with van der Waals surface area (Å²) >= 11 is 0. The standard InChI is InChI=1S/C12H10FN5O/c1-6-4-10(19)18-12(15-6)16-11(17-18)8-5-7(14)2-3-9(8)13/h2-5H,14H2,1H3,(H,15,16,17). The van der Waals surface area contributed by atoms with E-state index in [9.17, 15) is 9.18 Å². The van der Waals surface area contributed by atoms with Crippen molar-refractivity contribution < 1.29 is 4.39 Å². The number of aryl methyl sites for hydroxylation is 1. The molecule has 0 unspecified atom stereocenters. The Kier molecular flexibility index (Phi) is 2.34. The molecule has 19 heavy (non-hydrogen) atoms. The molecule has 2 heterocycles. The Morgan fingerprint density at radius 1 is 1.32 bits per heavy atom. The summed E-state index contributed by atoms with van der Waals surface area (Å²) in [6.07, 6.45) is 0. The molecule has 0 atom stereocenters. The molecule has 3 N–H and O–H groups in total. The van der Waals surface area contributed by atoms with Crippen LogP contribution in [0.15, 0.2) is 29.1 Å². The minimum atomic E-state index is -0.474. The Bertz CT molecular complexity index is 836. The molecule has 3 aromatic rings. The molecule has 0 fully saturated rings. The number of hydrogen-bond acceptors (Lipinski definition) is 4. The molecule has 0 radical (unpaired) electrons. The Morgan fingerprint density at radius 2 is 2.11 bits per heavy atom. The van der Waals surface area contributed by atoms with Crippen molar-refractivity contribution in [1.82, 2.24) is 19.6 Å². The van der Waals surface area contributed by atoms with Crippen LogP contribution in [0, 0.1) is 12.7 Å². The maximum absolute atomic E-state index is 13.7. The first-order valence-corrected chi connectivity index (χ1v) is 5.56. The molecule has 0 aliphatic carbocycles. The largest absolute Gasteiger partial charge is 0.399 e. The van der Waals surface area contributed by atoms with Crippen molar-refractivity contribution in [2.45, 2.75) is 6.92 Å². The zero-order chi connectivity index (χ0) is 13.6. The normalized spacial score (nSPS) is 11.1. The van der Waals surface area contributed by atoms with Crippen LogP contribution in [0.5, 0.6) is 0 Å². The van der Waals surface area contributed by atoms with Gasteiger partial charge in [-0.2, -0.15) is 9.50 Å². The molecule has 0 aliphatic rings. The number of rotatable bonds is 1. The van der Waals surface area contributed by atoms with Crippen molar-refractivity contribution >= 4 is 11.5 Å². The summed E-state index contributed by atoms with van der Waals surface area (Å²) in [5.41, 5.74) is 6.48. The van der Waals surface area contributed by atoms with E-state index in [4.69, 9.17) is 5.73 Å². The van der Waals surface area contributed by atoms with Crippen molar-refractivity contribution in [3.05, 3.63) is 46.1 Å². The number of aromatic amines is 1. The van der Waals surface area contributed by atoms with Gasteiger partial charge in [-0.05, 0) is 25.1 Å². The van der Waals surface area contributed by atoms with Crippen molar-refractivity contribution in [3.8, 4) is 11.4 Å². The van der Waals surface area contributed by atoms with Gasteiger partial charge in [0.05, 0.1) is 5.56 Å². The fraction of sp³-hybridized carbons (Fsp3) is 0.0833. The van der Waals surface area contributed by atoms with Crippen molar-refractivity contribution in [3.63, 3.8) is 0 Å². The van der Waals surface area contributed by atoms with Gasteiger partial charge in [-0.25, -0.2) is 9.37 Å². The third kappa shape index (κ3) is 1.85. The lowest BCUT2D eigenvalue weighted by Crippen LogP contribution is -2.14. The smallest absolute Gasteiger partial charge is 0.274 e. The van der Waals surface area contributed by atoms with Crippen LogP contribution in [0.2, 0.25) is 0 Å². The highest BCUT2D eigenvalue weighted by atomic mass is 19.1. The second-order valence-corrected chi connectivity index (χ2v) is 4.18. The number of nitrogens with one attached hydrogen (secondary N) is 1. The SMILES string of the molecule is Cc1cc(=O)n2[nH]c(-c3cc(N)ccc3F)nc2n1. The van der Waals surface area contributed by atoms with Crippen LogP contribution in [0.3, 0.4) is 0 Å². The van der Waals surface area contributed by atoms with Crippen molar-refractivity contribution in [2.75, 3.05) is 5.73 Å². The average molecular weight is 259 g/mol. The molecule has 0 saturated heterocycles. The van der Waals surface area contributed by atoms with Gasteiger partial charge in [0.25, 0.3) is 11.3 Å². The lowest BCUT2D eigenvalue weighted by Gasteiger charge is -1.99. The number of halogens is 1. The second-order valence-electron chi connectivity index (χ2n) is 4.18. The van der Waals surface area contributed by atoms with Gasteiger partial charge in [0, 0.05) is 17.4 Å². The second kappa shape index (κ2) is 3.91. The van der Waals surface area contributed by atoms with Gasteiger partial charge in [-0.1, -0.05) is 0 Å². The predicted molar refractivity (Wildman–Crippen MR) is 68.2 cm³/mol. The molecule has 0 aliphatic heterocycles. The van der Waals surface area contributed by atoms with E-state index < -0.39 is 5.82 Å². The predicted octanol–water partition coefficient (Wildman–Crippen LogP) is 1.11. The van der Waals surface area contributed by atoms with Gasteiger partial charge >= 0.3 is 0 Å². The number of aromatic nitrogens is 4. The Labute approximate surface area is 106 Å². The molecule has 0 bridgehead atoms. The molecule has 0 spiro atoms. The van der Waals surface area contributed by atoms with Gasteiger partial charge in [0.1, 0.15) is 5.82 Å². The minimum absolute atomic E-state index is 0.196. The van der Waals surface area contributed by atoms with Crippen LogP contribution < -0.4 is 11.3 Å². The highest BCUT2D eigenvalue weighted by Gasteiger charge is 2.12. The number of hydrogen-bond donors (Lipinski definition) is 2. The molecule has 96 valence electrons. The Hall–Kier alpha value is -2.70. The molecule has 7 heteroatoms. The fourth-order valence-corrected chi connectivity index (χ4v) is 1.84. The van der Waals surface area contributed by atoms with Gasteiger partial charge in [0.15, 0.2) is 5.82 Å².